The highest BCUT2D eigenvalue weighted by Gasteiger charge is 2.04. The Hall–Kier alpha value is -1.16. The van der Waals surface area contributed by atoms with Crippen molar-refractivity contribution >= 4 is 24.7 Å². The fourth-order valence-corrected chi connectivity index (χ4v) is 1.32. The van der Waals surface area contributed by atoms with Crippen molar-refractivity contribution in [3.05, 3.63) is 29.8 Å². The molecule has 0 aromatic heterocycles. The van der Waals surface area contributed by atoms with Gasteiger partial charge < -0.3 is 4.18 Å². The number of carbonyl (C=O) groups excluding carboxylic acids is 1. The molecular formula is C11H15NO2S. The smallest absolute Gasteiger partial charge is 0.378 e. The molecule has 1 N–H and O–H groups in total. The van der Waals surface area contributed by atoms with Crippen LogP contribution in [0.15, 0.2) is 24.3 Å². The van der Waals surface area contributed by atoms with Gasteiger partial charge in [0.05, 0.1) is 0 Å². The second kappa shape index (κ2) is 5.66. The first-order valence-corrected chi connectivity index (χ1v) is 5.26. The number of rotatable bonds is 3. The van der Waals surface area contributed by atoms with Crippen LogP contribution in [0.25, 0.3) is 0 Å². The Bertz CT molecular complexity index is 324. The molecular weight excluding hydrogens is 210 g/mol. The zero-order valence-electron chi connectivity index (χ0n) is 8.86. The fraction of sp³-hybridized carbons (Fsp3) is 0.364. The van der Waals surface area contributed by atoms with E-state index in [2.05, 4.69) is 36.3 Å². The summed E-state index contributed by atoms with van der Waals surface area (Å²) in [6.45, 7) is 4.32. The van der Waals surface area contributed by atoms with Crippen molar-refractivity contribution in [2.75, 3.05) is 5.32 Å². The molecule has 3 nitrogen and oxygen atoms in total. The van der Waals surface area contributed by atoms with Gasteiger partial charge in [-0.15, -0.1) is 0 Å². The van der Waals surface area contributed by atoms with Gasteiger partial charge in [0, 0.05) is 18.6 Å². The molecule has 82 valence electrons. The molecule has 0 fully saturated rings. The minimum atomic E-state index is -0.574. The van der Waals surface area contributed by atoms with E-state index in [1.165, 1.54) is 5.56 Å². The van der Waals surface area contributed by atoms with Crippen LogP contribution in [0, 0.1) is 0 Å². The van der Waals surface area contributed by atoms with Gasteiger partial charge in [-0.2, -0.15) is 0 Å². The van der Waals surface area contributed by atoms with Crippen molar-refractivity contribution in [3.63, 3.8) is 0 Å². The first kappa shape index (κ1) is 11.9. The number of amides is 1. The molecule has 0 bridgehead atoms. The summed E-state index contributed by atoms with van der Waals surface area (Å²) in [4.78, 5) is 10.8. The first-order valence-electron chi connectivity index (χ1n) is 4.89. The lowest BCUT2D eigenvalue weighted by Gasteiger charge is -2.09. The van der Waals surface area contributed by atoms with E-state index in [0.29, 0.717) is 11.6 Å². The lowest BCUT2D eigenvalue weighted by Crippen LogP contribution is -2.08. The molecule has 0 aliphatic carbocycles. The molecule has 1 aromatic rings. The third-order valence-corrected chi connectivity index (χ3v) is 2.59. The largest absolute Gasteiger partial charge is 0.423 e. The molecule has 1 atom stereocenters. The monoisotopic (exact) mass is 225 g/mol. The minimum absolute atomic E-state index is 0.538. The van der Waals surface area contributed by atoms with Crippen LogP contribution in [0.3, 0.4) is 0 Å². The van der Waals surface area contributed by atoms with E-state index in [0.717, 1.165) is 6.42 Å². The Balaban J connectivity index is 2.68. The van der Waals surface area contributed by atoms with Crippen LogP contribution in [-0.4, -0.2) is 6.09 Å². The Kier molecular flexibility index (Phi) is 4.49. The molecule has 0 saturated carbocycles. The molecule has 0 spiro atoms. The first-order chi connectivity index (χ1) is 7.17. The van der Waals surface area contributed by atoms with Crippen molar-refractivity contribution in [3.8, 4) is 0 Å². The second-order valence-electron chi connectivity index (χ2n) is 3.44. The zero-order valence-corrected chi connectivity index (χ0v) is 9.75. The van der Waals surface area contributed by atoms with Gasteiger partial charge in [0.25, 0.3) is 0 Å². The summed E-state index contributed by atoms with van der Waals surface area (Å²) in [6.07, 6.45) is 0.528. The molecule has 1 amide bonds. The Morgan fingerprint density at radius 3 is 2.53 bits per heavy atom. The molecule has 1 rings (SSSR count). The third kappa shape index (κ3) is 3.47. The van der Waals surface area contributed by atoms with E-state index >= 15 is 0 Å². The average Bonchev–Trinajstić information content (AvgIpc) is 2.29. The SMILES string of the molecule is CCC(C)c1ccc(NC(=O)OS)cc1. The average molecular weight is 225 g/mol. The van der Waals surface area contributed by atoms with Crippen LogP contribution < -0.4 is 5.32 Å². The predicted molar refractivity (Wildman–Crippen MR) is 64.2 cm³/mol. The second-order valence-corrected chi connectivity index (χ2v) is 3.62. The van der Waals surface area contributed by atoms with Crippen molar-refractivity contribution in [2.45, 2.75) is 26.2 Å². The summed E-state index contributed by atoms with van der Waals surface area (Å²) in [5, 5.41) is 2.54. The number of anilines is 1. The maximum Gasteiger partial charge on any atom is 0.423 e. The molecule has 15 heavy (non-hydrogen) atoms. The summed E-state index contributed by atoms with van der Waals surface area (Å²) < 4.78 is 4.20. The highest BCUT2D eigenvalue weighted by molar-refractivity contribution is 7.75. The van der Waals surface area contributed by atoms with Gasteiger partial charge in [-0.05, 0) is 30.0 Å². The summed E-state index contributed by atoms with van der Waals surface area (Å²) in [5.74, 6) is 0.538. The van der Waals surface area contributed by atoms with Crippen LogP contribution >= 0.6 is 12.9 Å². The van der Waals surface area contributed by atoms with Gasteiger partial charge in [-0.25, -0.2) is 4.79 Å². The molecule has 4 heteroatoms. The minimum Gasteiger partial charge on any atom is -0.378 e. The highest BCUT2D eigenvalue weighted by atomic mass is 32.1. The molecule has 0 saturated heterocycles. The van der Waals surface area contributed by atoms with Crippen molar-refractivity contribution in [1.82, 2.24) is 0 Å². The van der Waals surface area contributed by atoms with Crippen molar-refractivity contribution < 1.29 is 8.98 Å². The number of nitrogens with one attached hydrogen (secondary N) is 1. The van der Waals surface area contributed by atoms with Crippen LogP contribution in [0.4, 0.5) is 10.5 Å². The number of hydrogen-bond acceptors (Lipinski definition) is 3. The van der Waals surface area contributed by atoms with Crippen LogP contribution in [0.2, 0.25) is 0 Å². The maximum absolute atomic E-state index is 10.8. The van der Waals surface area contributed by atoms with Gasteiger partial charge in [-0.3, -0.25) is 5.32 Å². The lowest BCUT2D eigenvalue weighted by atomic mass is 9.99. The third-order valence-electron chi connectivity index (χ3n) is 2.42. The Labute approximate surface area is 95.4 Å². The van der Waals surface area contributed by atoms with E-state index in [4.69, 9.17) is 0 Å². The van der Waals surface area contributed by atoms with Crippen LogP contribution in [0.1, 0.15) is 31.7 Å². The summed E-state index contributed by atoms with van der Waals surface area (Å²) in [5.41, 5.74) is 1.98. The van der Waals surface area contributed by atoms with Gasteiger partial charge in [-0.1, -0.05) is 26.0 Å². The van der Waals surface area contributed by atoms with Crippen molar-refractivity contribution in [1.29, 1.82) is 0 Å². The fourth-order valence-electron chi connectivity index (χ4n) is 1.27. The number of carbonyl (C=O) groups is 1. The number of thiol groups is 1. The van der Waals surface area contributed by atoms with Gasteiger partial charge >= 0.3 is 6.09 Å². The number of hydrogen-bond donors (Lipinski definition) is 2. The summed E-state index contributed by atoms with van der Waals surface area (Å²) in [7, 11) is 0. The van der Waals surface area contributed by atoms with Gasteiger partial charge in [0.2, 0.25) is 0 Å². The van der Waals surface area contributed by atoms with Crippen LogP contribution in [-0.2, 0) is 4.18 Å². The lowest BCUT2D eigenvalue weighted by molar-refractivity contribution is 0.223. The van der Waals surface area contributed by atoms with E-state index in [9.17, 15) is 4.79 Å². The predicted octanol–water partition coefficient (Wildman–Crippen LogP) is 3.59. The van der Waals surface area contributed by atoms with E-state index in [1.54, 1.807) is 0 Å². The highest BCUT2D eigenvalue weighted by Crippen LogP contribution is 2.20. The van der Waals surface area contributed by atoms with E-state index < -0.39 is 6.09 Å². The summed E-state index contributed by atoms with van der Waals surface area (Å²) in [6, 6.07) is 7.71. The van der Waals surface area contributed by atoms with Crippen LogP contribution in [0.5, 0.6) is 0 Å². The van der Waals surface area contributed by atoms with Crippen molar-refractivity contribution in [2.24, 2.45) is 0 Å². The molecule has 0 heterocycles. The quantitative estimate of drug-likeness (QED) is 0.609. The number of benzene rings is 1. The normalized spacial score (nSPS) is 11.9. The topological polar surface area (TPSA) is 38.3 Å². The standard InChI is InChI=1S/C11H15NO2S/c1-3-8(2)9-4-6-10(7-5-9)12-11(13)14-15/h4-8,15H,3H2,1-2H3,(H,12,13). The molecule has 1 aromatic carbocycles. The molecule has 0 aliphatic heterocycles. The molecule has 0 radical (unpaired) electrons. The maximum atomic E-state index is 10.8. The van der Waals surface area contributed by atoms with E-state index in [1.807, 2.05) is 24.3 Å². The molecule has 1 unspecified atom stereocenters. The Morgan fingerprint density at radius 1 is 1.47 bits per heavy atom. The van der Waals surface area contributed by atoms with Gasteiger partial charge in [0.15, 0.2) is 0 Å². The summed E-state index contributed by atoms with van der Waals surface area (Å²) >= 11 is 3.40. The zero-order chi connectivity index (χ0) is 11.3. The molecule has 0 aliphatic rings. The van der Waals surface area contributed by atoms with Gasteiger partial charge in [0.1, 0.15) is 0 Å². The van der Waals surface area contributed by atoms with E-state index in [-0.39, 0.29) is 0 Å². The Morgan fingerprint density at radius 2 is 2.07 bits per heavy atom.